The number of nitrogens with two attached hydrogens (primary N) is 2. The van der Waals surface area contributed by atoms with Crippen LogP contribution in [0.1, 0.15) is 22.3 Å². The second-order valence-electron chi connectivity index (χ2n) is 3.72. The molecule has 2 heterocycles. The van der Waals surface area contributed by atoms with Crippen LogP contribution in [-0.2, 0) is 0 Å². The molecule has 1 amide bonds. The van der Waals surface area contributed by atoms with Gasteiger partial charge in [-0.3, -0.25) is 4.79 Å². The van der Waals surface area contributed by atoms with Gasteiger partial charge in [0.2, 0.25) is 0 Å². The molecule has 0 saturated heterocycles. The van der Waals surface area contributed by atoms with Gasteiger partial charge in [-0.25, -0.2) is 4.98 Å². The smallest absolute Gasteiger partial charge is 0.292 e. The molecule has 0 fully saturated rings. The van der Waals surface area contributed by atoms with Gasteiger partial charge < -0.3 is 21.2 Å². The summed E-state index contributed by atoms with van der Waals surface area (Å²) in [6.07, 6.45) is 1.43. The second kappa shape index (κ2) is 5.44. The van der Waals surface area contributed by atoms with E-state index in [1.807, 2.05) is 0 Å². The zero-order chi connectivity index (χ0) is 13.0. The van der Waals surface area contributed by atoms with Crippen molar-refractivity contribution >= 4 is 11.7 Å². The molecular formula is C12H14N4O2. The van der Waals surface area contributed by atoms with Gasteiger partial charge >= 0.3 is 0 Å². The number of nitrogens with one attached hydrogen (secondary N) is 1. The molecule has 2 rings (SSSR count). The van der Waals surface area contributed by atoms with E-state index >= 15 is 0 Å². The van der Waals surface area contributed by atoms with Gasteiger partial charge in [0.05, 0.1) is 18.0 Å². The lowest BCUT2D eigenvalue weighted by atomic mass is 10.2. The standard InChI is InChI=1S/C12H14N4O2/c13-7-8(14)9-3-1-5-11(15-9)16-12(17)10-4-2-6-18-10/h1-6,8H,7,13-14H2,(H,15,16,17). The van der Waals surface area contributed by atoms with Gasteiger partial charge in [0.1, 0.15) is 5.82 Å². The fourth-order valence-corrected chi connectivity index (χ4v) is 1.43. The number of rotatable bonds is 4. The fraction of sp³-hybridized carbons (Fsp3) is 0.167. The maximum atomic E-state index is 11.7. The maximum absolute atomic E-state index is 11.7. The van der Waals surface area contributed by atoms with E-state index in [1.54, 1.807) is 30.3 Å². The van der Waals surface area contributed by atoms with E-state index in [0.29, 0.717) is 18.1 Å². The van der Waals surface area contributed by atoms with Crippen molar-refractivity contribution in [1.82, 2.24) is 4.98 Å². The van der Waals surface area contributed by atoms with Crippen LogP contribution in [0.2, 0.25) is 0 Å². The first-order valence-electron chi connectivity index (χ1n) is 5.48. The number of anilines is 1. The lowest BCUT2D eigenvalue weighted by Crippen LogP contribution is -2.22. The zero-order valence-electron chi connectivity index (χ0n) is 9.67. The van der Waals surface area contributed by atoms with E-state index in [1.165, 1.54) is 6.26 Å². The summed E-state index contributed by atoms with van der Waals surface area (Å²) in [6, 6.07) is 8.07. The highest BCUT2D eigenvalue weighted by molar-refractivity contribution is 6.01. The highest BCUT2D eigenvalue weighted by Crippen LogP contribution is 2.11. The fourth-order valence-electron chi connectivity index (χ4n) is 1.43. The van der Waals surface area contributed by atoms with Crippen LogP contribution in [0.4, 0.5) is 5.82 Å². The molecule has 5 N–H and O–H groups in total. The number of furan rings is 1. The summed E-state index contributed by atoms with van der Waals surface area (Å²) < 4.78 is 4.98. The quantitative estimate of drug-likeness (QED) is 0.742. The van der Waals surface area contributed by atoms with Crippen molar-refractivity contribution in [3.63, 3.8) is 0 Å². The summed E-state index contributed by atoms with van der Waals surface area (Å²) in [5.74, 6) is 0.286. The van der Waals surface area contributed by atoms with Gasteiger partial charge in [0.25, 0.3) is 5.91 Å². The highest BCUT2D eigenvalue weighted by Gasteiger charge is 2.11. The Kier molecular flexibility index (Phi) is 3.71. The Morgan fingerprint density at radius 1 is 1.39 bits per heavy atom. The molecule has 1 unspecified atom stereocenters. The number of carbonyl (C=O) groups is 1. The van der Waals surface area contributed by atoms with Crippen LogP contribution in [0.5, 0.6) is 0 Å². The molecule has 0 aliphatic carbocycles. The summed E-state index contributed by atoms with van der Waals surface area (Å²) in [5, 5.41) is 2.62. The van der Waals surface area contributed by atoms with E-state index in [2.05, 4.69) is 10.3 Å². The predicted molar refractivity (Wildman–Crippen MR) is 66.9 cm³/mol. The Morgan fingerprint density at radius 2 is 2.22 bits per heavy atom. The van der Waals surface area contributed by atoms with Crippen molar-refractivity contribution in [3.8, 4) is 0 Å². The monoisotopic (exact) mass is 246 g/mol. The SMILES string of the molecule is NCC(N)c1cccc(NC(=O)c2ccco2)n1. The minimum Gasteiger partial charge on any atom is -0.459 e. The van der Waals surface area contributed by atoms with Crippen molar-refractivity contribution in [1.29, 1.82) is 0 Å². The number of aromatic nitrogens is 1. The lowest BCUT2D eigenvalue weighted by molar-refractivity contribution is 0.0996. The molecule has 0 aromatic carbocycles. The van der Waals surface area contributed by atoms with Crippen molar-refractivity contribution < 1.29 is 9.21 Å². The summed E-state index contributed by atoms with van der Waals surface area (Å²) in [5.41, 5.74) is 11.9. The number of hydrogen-bond acceptors (Lipinski definition) is 5. The van der Waals surface area contributed by atoms with Crippen molar-refractivity contribution in [2.24, 2.45) is 11.5 Å². The van der Waals surface area contributed by atoms with E-state index in [4.69, 9.17) is 15.9 Å². The first kappa shape index (κ1) is 12.3. The van der Waals surface area contributed by atoms with Gasteiger partial charge in [-0.15, -0.1) is 0 Å². The molecule has 1 atom stereocenters. The van der Waals surface area contributed by atoms with Crippen molar-refractivity contribution in [3.05, 3.63) is 48.0 Å². The van der Waals surface area contributed by atoms with Crippen LogP contribution in [0.15, 0.2) is 41.0 Å². The number of amides is 1. The first-order chi connectivity index (χ1) is 8.70. The number of nitrogens with zero attached hydrogens (tertiary/aromatic N) is 1. The molecular weight excluding hydrogens is 232 g/mol. The summed E-state index contributed by atoms with van der Waals surface area (Å²) in [4.78, 5) is 15.9. The summed E-state index contributed by atoms with van der Waals surface area (Å²) in [7, 11) is 0. The van der Waals surface area contributed by atoms with E-state index < -0.39 is 0 Å². The molecule has 2 aromatic heterocycles. The molecule has 6 heteroatoms. The van der Waals surface area contributed by atoms with Crippen LogP contribution in [0.3, 0.4) is 0 Å². The molecule has 0 spiro atoms. The van der Waals surface area contributed by atoms with E-state index in [0.717, 1.165) is 0 Å². The average molecular weight is 246 g/mol. The number of hydrogen-bond donors (Lipinski definition) is 3. The number of pyridine rings is 1. The van der Waals surface area contributed by atoms with Crippen LogP contribution in [0.25, 0.3) is 0 Å². The van der Waals surface area contributed by atoms with Crippen molar-refractivity contribution in [2.75, 3.05) is 11.9 Å². The Balaban J connectivity index is 2.12. The molecule has 0 saturated carbocycles. The molecule has 18 heavy (non-hydrogen) atoms. The van der Waals surface area contributed by atoms with E-state index in [-0.39, 0.29) is 17.7 Å². The van der Waals surface area contributed by atoms with Gasteiger partial charge in [-0.1, -0.05) is 6.07 Å². The normalized spacial score (nSPS) is 12.1. The third-order valence-electron chi connectivity index (χ3n) is 2.39. The topological polar surface area (TPSA) is 107 Å². The Hall–Kier alpha value is -2.18. The third kappa shape index (κ3) is 2.73. The van der Waals surface area contributed by atoms with Crippen LogP contribution in [-0.4, -0.2) is 17.4 Å². The molecule has 6 nitrogen and oxygen atoms in total. The van der Waals surface area contributed by atoms with Crippen molar-refractivity contribution in [2.45, 2.75) is 6.04 Å². The predicted octanol–water partition coefficient (Wildman–Crippen LogP) is 0.885. The molecule has 0 aliphatic heterocycles. The largest absolute Gasteiger partial charge is 0.459 e. The molecule has 0 aliphatic rings. The Labute approximate surface area is 104 Å². The van der Waals surface area contributed by atoms with Gasteiger partial charge in [0.15, 0.2) is 5.76 Å². The zero-order valence-corrected chi connectivity index (χ0v) is 9.67. The minimum absolute atomic E-state index is 0.227. The van der Waals surface area contributed by atoms with Gasteiger partial charge in [0, 0.05) is 6.54 Å². The maximum Gasteiger partial charge on any atom is 0.292 e. The van der Waals surface area contributed by atoms with Crippen LogP contribution < -0.4 is 16.8 Å². The van der Waals surface area contributed by atoms with Gasteiger partial charge in [-0.05, 0) is 24.3 Å². The Bertz CT molecular complexity index is 525. The van der Waals surface area contributed by atoms with Crippen LogP contribution in [0, 0.1) is 0 Å². The number of carbonyl (C=O) groups excluding carboxylic acids is 1. The summed E-state index contributed by atoms with van der Waals surface area (Å²) >= 11 is 0. The average Bonchev–Trinajstić information content (AvgIpc) is 2.92. The molecule has 0 bridgehead atoms. The second-order valence-corrected chi connectivity index (χ2v) is 3.72. The van der Waals surface area contributed by atoms with Gasteiger partial charge in [-0.2, -0.15) is 0 Å². The van der Waals surface area contributed by atoms with Crippen LogP contribution >= 0.6 is 0 Å². The minimum atomic E-state index is -0.356. The third-order valence-corrected chi connectivity index (χ3v) is 2.39. The molecule has 0 radical (unpaired) electrons. The molecule has 94 valence electrons. The first-order valence-corrected chi connectivity index (χ1v) is 5.48. The summed E-state index contributed by atoms with van der Waals surface area (Å²) in [6.45, 7) is 0.294. The van der Waals surface area contributed by atoms with E-state index in [9.17, 15) is 4.79 Å². The highest BCUT2D eigenvalue weighted by atomic mass is 16.3. The Morgan fingerprint density at radius 3 is 2.89 bits per heavy atom. The molecule has 2 aromatic rings. The lowest BCUT2D eigenvalue weighted by Gasteiger charge is -2.09.